The predicted octanol–water partition coefficient (Wildman–Crippen LogP) is 4.26. The highest BCUT2D eigenvalue weighted by Gasteiger charge is 2.38. The Morgan fingerprint density at radius 1 is 1.10 bits per heavy atom. The summed E-state index contributed by atoms with van der Waals surface area (Å²) in [5.74, 6) is 2.91. The van der Waals surface area contributed by atoms with Crippen molar-refractivity contribution in [3.05, 3.63) is 11.7 Å². The summed E-state index contributed by atoms with van der Waals surface area (Å²) in [6, 6.07) is 0. The van der Waals surface area contributed by atoms with Gasteiger partial charge in [0, 0.05) is 5.92 Å². The minimum Gasteiger partial charge on any atom is -0.337 e. The Kier molecular flexibility index (Phi) is 4.63. The van der Waals surface area contributed by atoms with Crippen molar-refractivity contribution in [2.75, 3.05) is 0 Å². The molecule has 2 saturated carbocycles. The summed E-state index contributed by atoms with van der Waals surface area (Å²) in [6.07, 6.45) is 13.3. The molecule has 2 aliphatic carbocycles. The zero-order valence-corrected chi connectivity index (χ0v) is 13.3. The van der Waals surface area contributed by atoms with Crippen LogP contribution in [-0.4, -0.2) is 10.1 Å². The van der Waals surface area contributed by atoms with Crippen LogP contribution in [0.3, 0.4) is 0 Å². The molecule has 21 heavy (non-hydrogen) atoms. The standard InChI is InChI=1S/C17H29N3O/c1-2-13-9-11-17(18,12-10-13)16-19-15(20-21-16)14-7-5-3-4-6-8-14/h13-14H,2-12,18H2,1H3. The third-order valence-electron chi connectivity index (χ3n) is 5.66. The van der Waals surface area contributed by atoms with Crippen LogP contribution < -0.4 is 5.73 Å². The van der Waals surface area contributed by atoms with Gasteiger partial charge in [-0.1, -0.05) is 44.2 Å². The third-order valence-corrected chi connectivity index (χ3v) is 5.66. The second kappa shape index (κ2) is 6.47. The van der Waals surface area contributed by atoms with Gasteiger partial charge in [-0.2, -0.15) is 4.98 Å². The van der Waals surface area contributed by atoms with E-state index >= 15 is 0 Å². The molecule has 0 amide bonds. The smallest absolute Gasteiger partial charge is 0.246 e. The molecule has 0 aromatic carbocycles. The molecule has 0 spiro atoms. The Morgan fingerprint density at radius 2 is 1.76 bits per heavy atom. The van der Waals surface area contributed by atoms with E-state index in [-0.39, 0.29) is 5.54 Å². The van der Waals surface area contributed by atoms with Crippen LogP contribution in [0.4, 0.5) is 0 Å². The fourth-order valence-electron chi connectivity index (χ4n) is 3.96. The van der Waals surface area contributed by atoms with Crippen molar-refractivity contribution in [3.63, 3.8) is 0 Å². The van der Waals surface area contributed by atoms with Crippen LogP contribution in [0.25, 0.3) is 0 Å². The monoisotopic (exact) mass is 291 g/mol. The van der Waals surface area contributed by atoms with Crippen LogP contribution in [0.1, 0.15) is 95.2 Å². The second-order valence-electron chi connectivity index (χ2n) is 7.15. The lowest BCUT2D eigenvalue weighted by atomic mass is 9.76. The van der Waals surface area contributed by atoms with Crippen LogP contribution in [0.5, 0.6) is 0 Å². The molecular weight excluding hydrogens is 262 g/mol. The van der Waals surface area contributed by atoms with E-state index in [1.807, 2.05) is 0 Å². The number of hydrogen-bond donors (Lipinski definition) is 1. The maximum absolute atomic E-state index is 6.57. The Hall–Kier alpha value is -0.900. The van der Waals surface area contributed by atoms with Gasteiger partial charge in [-0.3, -0.25) is 0 Å². The zero-order chi connectivity index (χ0) is 14.7. The Balaban J connectivity index is 1.69. The van der Waals surface area contributed by atoms with Gasteiger partial charge in [0.1, 0.15) is 0 Å². The van der Waals surface area contributed by atoms with Gasteiger partial charge in [-0.15, -0.1) is 0 Å². The first-order chi connectivity index (χ1) is 10.2. The first-order valence-corrected chi connectivity index (χ1v) is 8.84. The van der Waals surface area contributed by atoms with E-state index in [2.05, 4.69) is 12.1 Å². The van der Waals surface area contributed by atoms with Crippen molar-refractivity contribution in [2.45, 2.75) is 89.0 Å². The molecule has 0 saturated heterocycles. The first kappa shape index (κ1) is 15.0. The molecule has 0 radical (unpaired) electrons. The van der Waals surface area contributed by atoms with Gasteiger partial charge >= 0.3 is 0 Å². The van der Waals surface area contributed by atoms with E-state index < -0.39 is 0 Å². The summed E-state index contributed by atoms with van der Waals surface area (Å²) < 4.78 is 5.58. The number of aromatic nitrogens is 2. The summed E-state index contributed by atoms with van der Waals surface area (Å²) in [7, 11) is 0. The molecule has 4 nitrogen and oxygen atoms in total. The lowest BCUT2D eigenvalue weighted by Gasteiger charge is -2.33. The summed E-state index contributed by atoms with van der Waals surface area (Å²) in [5, 5.41) is 4.28. The van der Waals surface area contributed by atoms with E-state index in [1.165, 1.54) is 57.8 Å². The second-order valence-corrected chi connectivity index (χ2v) is 7.15. The summed E-state index contributed by atoms with van der Waals surface area (Å²) in [6.45, 7) is 2.27. The number of nitrogens with two attached hydrogens (primary N) is 1. The first-order valence-electron chi connectivity index (χ1n) is 8.84. The van der Waals surface area contributed by atoms with Crippen LogP contribution in [0.15, 0.2) is 4.52 Å². The van der Waals surface area contributed by atoms with Crippen molar-refractivity contribution < 1.29 is 4.52 Å². The zero-order valence-electron chi connectivity index (χ0n) is 13.3. The minimum absolute atomic E-state index is 0.373. The van der Waals surface area contributed by atoms with Crippen molar-refractivity contribution in [1.29, 1.82) is 0 Å². The Bertz CT molecular complexity index is 441. The molecule has 0 unspecified atom stereocenters. The predicted molar refractivity (Wildman–Crippen MR) is 82.9 cm³/mol. The van der Waals surface area contributed by atoms with Gasteiger partial charge in [-0.05, 0) is 44.4 Å². The lowest BCUT2D eigenvalue weighted by molar-refractivity contribution is 0.181. The molecule has 2 aliphatic rings. The van der Waals surface area contributed by atoms with Crippen LogP contribution in [0.2, 0.25) is 0 Å². The van der Waals surface area contributed by atoms with Crippen LogP contribution in [0, 0.1) is 5.92 Å². The van der Waals surface area contributed by atoms with Gasteiger partial charge < -0.3 is 10.3 Å². The number of rotatable bonds is 3. The van der Waals surface area contributed by atoms with E-state index in [1.54, 1.807) is 0 Å². The Labute approximate surface area is 127 Å². The highest BCUT2D eigenvalue weighted by atomic mass is 16.5. The molecule has 0 bridgehead atoms. The Morgan fingerprint density at radius 3 is 2.38 bits per heavy atom. The van der Waals surface area contributed by atoms with Gasteiger partial charge in [-0.25, -0.2) is 0 Å². The van der Waals surface area contributed by atoms with Gasteiger partial charge in [0.15, 0.2) is 5.82 Å². The fraction of sp³-hybridized carbons (Fsp3) is 0.882. The summed E-state index contributed by atoms with van der Waals surface area (Å²) in [5.41, 5.74) is 6.20. The molecule has 1 heterocycles. The SMILES string of the molecule is CCC1CCC(N)(c2nc(C3CCCCCC3)no2)CC1. The lowest BCUT2D eigenvalue weighted by Crippen LogP contribution is -2.40. The highest BCUT2D eigenvalue weighted by Crippen LogP contribution is 2.39. The normalized spacial score (nSPS) is 32.0. The van der Waals surface area contributed by atoms with Gasteiger partial charge in [0.25, 0.3) is 0 Å². The van der Waals surface area contributed by atoms with E-state index in [0.29, 0.717) is 11.8 Å². The summed E-state index contributed by atoms with van der Waals surface area (Å²) in [4.78, 5) is 4.72. The van der Waals surface area contributed by atoms with E-state index in [4.69, 9.17) is 15.2 Å². The molecule has 0 aliphatic heterocycles. The number of nitrogens with zero attached hydrogens (tertiary/aromatic N) is 2. The molecule has 2 fully saturated rings. The maximum Gasteiger partial charge on any atom is 0.246 e. The number of hydrogen-bond acceptors (Lipinski definition) is 4. The van der Waals surface area contributed by atoms with Crippen LogP contribution in [-0.2, 0) is 5.54 Å². The fourth-order valence-corrected chi connectivity index (χ4v) is 3.96. The van der Waals surface area contributed by atoms with Crippen molar-refractivity contribution in [2.24, 2.45) is 11.7 Å². The maximum atomic E-state index is 6.57. The average molecular weight is 291 g/mol. The van der Waals surface area contributed by atoms with E-state index in [0.717, 1.165) is 24.6 Å². The molecule has 0 atom stereocenters. The third kappa shape index (κ3) is 3.31. The quantitative estimate of drug-likeness (QED) is 0.845. The molecule has 1 aromatic rings. The van der Waals surface area contributed by atoms with Gasteiger partial charge in [0.2, 0.25) is 5.89 Å². The van der Waals surface area contributed by atoms with Gasteiger partial charge in [0.05, 0.1) is 5.54 Å². The molecule has 1 aromatic heterocycles. The van der Waals surface area contributed by atoms with Crippen molar-refractivity contribution >= 4 is 0 Å². The molecule has 118 valence electrons. The van der Waals surface area contributed by atoms with E-state index in [9.17, 15) is 0 Å². The minimum atomic E-state index is -0.373. The average Bonchev–Trinajstić information content (AvgIpc) is 2.85. The molecule has 2 N–H and O–H groups in total. The van der Waals surface area contributed by atoms with Crippen molar-refractivity contribution in [1.82, 2.24) is 10.1 Å². The summed E-state index contributed by atoms with van der Waals surface area (Å²) >= 11 is 0. The van der Waals surface area contributed by atoms with Crippen molar-refractivity contribution in [3.8, 4) is 0 Å². The topological polar surface area (TPSA) is 64.9 Å². The highest BCUT2D eigenvalue weighted by molar-refractivity contribution is 5.06. The largest absolute Gasteiger partial charge is 0.337 e. The molecule has 4 heteroatoms. The molecule has 3 rings (SSSR count). The van der Waals surface area contributed by atoms with Crippen LogP contribution >= 0.6 is 0 Å². The molecular formula is C17H29N3O.